The van der Waals surface area contributed by atoms with Gasteiger partial charge in [-0.3, -0.25) is 0 Å². The Morgan fingerprint density at radius 2 is 2.12 bits per heavy atom. The summed E-state index contributed by atoms with van der Waals surface area (Å²) in [5.74, 6) is 2.48. The minimum Gasteiger partial charge on any atom is -0.496 e. The summed E-state index contributed by atoms with van der Waals surface area (Å²) in [6.07, 6.45) is 2.77. The molecule has 1 N–H and O–H groups in total. The van der Waals surface area contributed by atoms with Gasteiger partial charge in [-0.25, -0.2) is 0 Å². The molecule has 2 nitrogen and oxygen atoms in total. The molecule has 1 saturated carbocycles. The fraction of sp³-hybridized carbons (Fsp3) is 0.571. The molecular weight excluding hydrogens is 278 g/mol. The molecular formula is C14H20BrNO. The zero-order valence-corrected chi connectivity index (χ0v) is 12.3. The van der Waals surface area contributed by atoms with E-state index in [0.29, 0.717) is 12.0 Å². The van der Waals surface area contributed by atoms with Gasteiger partial charge in [-0.15, -0.1) is 0 Å². The molecule has 17 heavy (non-hydrogen) atoms. The Bertz CT molecular complexity index is 390. The van der Waals surface area contributed by atoms with Gasteiger partial charge in [0.2, 0.25) is 0 Å². The van der Waals surface area contributed by atoms with Crippen molar-refractivity contribution in [3.05, 3.63) is 28.2 Å². The summed E-state index contributed by atoms with van der Waals surface area (Å²) in [4.78, 5) is 0. The van der Waals surface area contributed by atoms with Gasteiger partial charge in [0.15, 0.2) is 0 Å². The zero-order valence-electron chi connectivity index (χ0n) is 10.7. The number of hydrogen-bond acceptors (Lipinski definition) is 2. The van der Waals surface area contributed by atoms with Gasteiger partial charge in [0.25, 0.3) is 0 Å². The lowest BCUT2D eigenvalue weighted by atomic mass is 9.91. The third kappa shape index (κ3) is 2.83. The van der Waals surface area contributed by atoms with E-state index < -0.39 is 0 Å². The third-order valence-corrected chi connectivity index (χ3v) is 4.36. The first-order chi connectivity index (χ1) is 8.17. The quantitative estimate of drug-likeness (QED) is 0.893. The lowest BCUT2D eigenvalue weighted by Gasteiger charge is -2.24. The summed E-state index contributed by atoms with van der Waals surface area (Å²) < 4.78 is 6.29. The molecule has 0 aliphatic heterocycles. The maximum atomic E-state index is 5.27. The van der Waals surface area contributed by atoms with E-state index in [4.69, 9.17) is 4.74 Å². The van der Waals surface area contributed by atoms with Crippen molar-refractivity contribution in [2.45, 2.75) is 25.8 Å². The van der Waals surface area contributed by atoms with Gasteiger partial charge in [0.1, 0.15) is 5.75 Å². The molecule has 2 atom stereocenters. The lowest BCUT2D eigenvalue weighted by molar-refractivity contribution is 0.367. The van der Waals surface area contributed by atoms with Gasteiger partial charge in [-0.2, -0.15) is 0 Å². The Labute approximate surface area is 112 Å². The molecule has 0 heterocycles. The molecule has 0 aromatic heterocycles. The smallest absolute Gasteiger partial charge is 0.133 e. The molecule has 3 heteroatoms. The minimum absolute atomic E-state index is 0.435. The highest BCUT2D eigenvalue weighted by molar-refractivity contribution is 9.10. The largest absolute Gasteiger partial charge is 0.496 e. The SMILES string of the molecule is CNC(c1ccc(OC)c(Br)c1)C(C)C1CC1. The number of hydrogen-bond donors (Lipinski definition) is 1. The van der Waals surface area contributed by atoms with E-state index in [9.17, 15) is 0 Å². The van der Waals surface area contributed by atoms with Crippen LogP contribution in [0.2, 0.25) is 0 Å². The Hall–Kier alpha value is -0.540. The van der Waals surface area contributed by atoms with Crippen LogP contribution >= 0.6 is 15.9 Å². The van der Waals surface area contributed by atoms with E-state index in [1.807, 2.05) is 13.1 Å². The van der Waals surface area contributed by atoms with Gasteiger partial charge in [0, 0.05) is 6.04 Å². The van der Waals surface area contributed by atoms with Crippen molar-refractivity contribution in [2.75, 3.05) is 14.2 Å². The Morgan fingerprint density at radius 3 is 2.59 bits per heavy atom. The zero-order chi connectivity index (χ0) is 12.4. The average molecular weight is 298 g/mol. The van der Waals surface area contributed by atoms with Crippen LogP contribution in [0.5, 0.6) is 5.75 Å². The topological polar surface area (TPSA) is 21.3 Å². The highest BCUT2D eigenvalue weighted by Crippen LogP contribution is 2.43. The number of methoxy groups -OCH3 is 1. The van der Waals surface area contributed by atoms with Crippen LogP contribution < -0.4 is 10.1 Å². The number of rotatable bonds is 5. The van der Waals surface area contributed by atoms with Crippen LogP contribution in [0.15, 0.2) is 22.7 Å². The van der Waals surface area contributed by atoms with Crippen LogP contribution in [-0.4, -0.2) is 14.2 Å². The fourth-order valence-electron chi connectivity index (χ4n) is 2.50. The second-order valence-electron chi connectivity index (χ2n) is 4.86. The van der Waals surface area contributed by atoms with E-state index in [0.717, 1.165) is 16.1 Å². The van der Waals surface area contributed by atoms with Crippen molar-refractivity contribution >= 4 is 15.9 Å². The molecule has 1 fully saturated rings. The molecule has 94 valence electrons. The normalized spacial score (nSPS) is 18.8. The van der Waals surface area contributed by atoms with Crippen LogP contribution in [0.25, 0.3) is 0 Å². The van der Waals surface area contributed by atoms with Crippen molar-refractivity contribution in [3.63, 3.8) is 0 Å². The number of halogens is 1. The van der Waals surface area contributed by atoms with Crippen LogP contribution in [0.4, 0.5) is 0 Å². The average Bonchev–Trinajstić information content (AvgIpc) is 3.14. The Morgan fingerprint density at radius 1 is 1.41 bits per heavy atom. The number of benzene rings is 1. The molecule has 1 aliphatic carbocycles. The molecule has 0 bridgehead atoms. The summed E-state index contributed by atoms with van der Waals surface area (Å²) in [6.45, 7) is 2.34. The van der Waals surface area contributed by atoms with Crippen molar-refractivity contribution < 1.29 is 4.74 Å². The predicted octanol–water partition coefficient (Wildman–Crippen LogP) is 3.76. The highest BCUT2D eigenvalue weighted by Gasteiger charge is 2.33. The summed E-state index contributed by atoms with van der Waals surface area (Å²) in [6, 6.07) is 6.79. The molecule has 2 unspecified atom stereocenters. The van der Waals surface area contributed by atoms with E-state index in [1.165, 1.54) is 18.4 Å². The minimum atomic E-state index is 0.435. The van der Waals surface area contributed by atoms with Gasteiger partial charge < -0.3 is 10.1 Å². The van der Waals surface area contributed by atoms with Crippen LogP contribution in [-0.2, 0) is 0 Å². The first-order valence-electron chi connectivity index (χ1n) is 6.18. The first kappa shape index (κ1) is 12.9. The molecule has 2 rings (SSSR count). The first-order valence-corrected chi connectivity index (χ1v) is 6.97. The summed E-state index contributed by atoms with van der Waals surface area (Å²) >= 11 is 3.55. The molecule has 1 aromatic rings. The highest BCUT2D eigenvalue weighted by atomic mass is 79.9. The van der Waals surface area contributed by atoms with Crippen LogP contribution in [0.3, 0.4) is 0 Å². The van der Waals surface area contributed by atoms with Crippen molar-refractivity contribution in [2.24, 2.45) is 11.8 Å². The summed E-state index contributed by atoms with van der Waals surface area (Å²) in [5, 5.41) is 3.44. The molecule has 0 spiro atoms. The summed E-state index contributed by atoms with van der Waals surface area (Å²) in [5.41, 5.74) is 1.33. The Kier molecular flexibility index (Phi) is 4.10. The fourth-order valence-corrected chi connectivity index (χ4v) is 3.06. The molecule has 0 amide bonds. The van der Waals surface area contributed by atoms with E-state index in [2.05, 4.69) is 40.3 Å². The van der Waals surface area contributed by atoms with Gasteiger partial charge in [-0.05, 0) is 65.4 Å². The van der Waals surface area contributed by atoms with Crippen LogP contribution in [0, 0.1) is 11.8 Å². The second-order valence-corrected chi connectivity index (χ2v) is 5.71. The number of ether oxygens (including phenoxy) is 1. The lowest BCUT2D eigenvalue weighted by Crippen LogP contribution is -2.24. The van der Waals surface area contributed by atoms with E-state index >= 15 is 0 Å². The maximum absolute atomic E-state index is 5.27. The van der Waals surface area contributed by atoms with Gasteiger partial charge in [-0.1, -0.05) is 13.0 Å². The number of nitrogens with one attached hydrogen (secondary N) is 1. The monoisotopic (exact) mass is 297 g/mol. The maximum Gasteiger partial charge on any atom is 0.133 e. The predicted molar refractivity (Wildman–Crippen MR) is 74.4 cm³/mol. The van der Waals surface area contributed by atoms with Crippen LogP contribution in [0.1, 0.15) is 31.4 Å². The van der Waals surface area contributed by atoms with Crippen molar-refractivity contribution in [1.29, 1.82) is 0 Å². The van der Waals surface area contributed by atoms with Gasteiger partial charge in [0.05, 0.1) is 11.6 Å². The third-order valence-electron chi connectivity index (χ3n) is 3.74. The standard InChI is InChI=1S/C14H20BrNO/c1-9(10-4-5-10)14(16-2)11-6-7-13(17-3)12(15)8-11/h6-10,14,16H,4-5H2,1-3H3. The molecule has 1 aliphatic rings. The second kappa shape index (κ2) is 5.40. The molecule has 1 aromatic carbocycles. The summed E-state index contributed by atoms with van der Waals surface area (Å²) in [7, 11) is 3.74. The van der Waals surface area contributed by atoms with Crippen molar-refractivity contribution in [1.82, 2.24) is 5.32 Å². The Balaban J connectivity index is 2.21. The molecule has 0 saturated heterocycles. The molecule has 0 radical (unpaired) electrons. The van der Waals surface area contributed by atoms with E-state index in [-0.39, 0.29) is 0 Å². The van der Waals surface area contributed by atoms with Gasteiger partial charge >= 0.3 is 0 Å². The van der Waals surface area contributed by atoms with E-state index in [1.54, 1.807) is 7.11 Å². The van der Waals surface area contributed by atoms with Crippen molar-refractivity contribution in [3.8, 4) is 5.75 Å².